The second-order valence-electron chi connectivity index (χ2n) is 4.84. The summed E-state index contributed by atoms with van der Waals surface area (Å²) in [5, 5.41) is 3.23. The molecule has 0 saturated heterocycles. The van der Waals surface area contributed by atoms with Gasteiger partial charge in [0.2, 0.25) is 0 Å². The highest BCUT2D eigenvalue weighted by atomic mass is 35.5. The van der Waals surface area contributed by atoms with E-state index in [0.717, 1.165) is 13.0 Å². The number of hydrogen-bond donors (Lipinski definition) is 1. The molecule has 0 heterocycles. The van der Waals surface area contributed by atoms with E-state index in [1.165, 1.54) is 7.11 Å². The number of nitrogens with zero attached hydrogens (tertiary/aromatic N) is 1. The maximum absolute atomic E-state index is 12.1. The average molecular weight is 315 g/mol. The fourth-order valence-corrected chi connectivity index (χ4v) is 2.10. The normalized spacial score (nSPS) is 10.6. The van der Waals surface area contributed by atoms with Gasteiger partial charge in [-0.3, -0.25) is 4.79 Å². The smallest absolute Gasteiger partial charge is 0.251 e. The minimum atomic E-state index is -0.169. The Morgan fingerprint density at radius 1 is 1.38 bits per heavy atom. The molecule has 0 saturated carbocycles. The summed E-state index contributed by atoms with van der Waals surface area (Å²) >= 11 is 6.15. The van der Waals surface area contributed by atoms with Crippen molar-refractivity contribution in [2.24, 2.45) is 0 Å². The van der Waals surface area contributed by atoms with Crippen molar-refractivity contribution in [3.63, 3.8) is 0 Å². The minimum Gasteiger partial charge on any atom is -0.493 e. The lowest BCUT2D eigenvalue weighted by Gasteiger charge is -2.13. The SMILES string of the molecule is CCOc1c(Cl)cc(C(=O)NCCCN(C)C)cc1OC. The van der Waals surface area contributed by atoms with Crippen molar-refractivity contribution < 1.29 is 14.3 Å². The Kier molecular flexibility index (Phi) is 7.32. The first-order valence-electron chi connectivity index (χ1n) is 6.92. The van der Waals surface area contributed by atoms with Crippen molar-refractivity contribution in [3.8, 4) is 11.5 Å². The van der Waals surface area contributed by atoms with Gasteiger partial charge in [-0.1, -0.05) is 11.6 Å². The maximum Gasteiger partial charge on any atom is 0.251 e. The van der Waals surface area contributed by atoms with Crippen molar-refractivity contribution in [1.82, 2.24) is 10.2 Å². The summed E-state index contributed by atoms with van der Waals surface area (Å²) in [6.45, 7) is 3.88. The maximum atomic E-state index is 12.1. The number of ether oxygens (including phenoxy) is 2. The molecule has 1 aromatic rings. The molecule has 0 atom stereocenters. The summed E-state index contributed by atoms with van der Waals surface area (Å²) < 4.78 is 10.7. The zero-order chi connectivity index (χ0) is 15.8. The molecule has 0 radical (unpaired) electrons. The molecule has 1 amide bonds. The van der Waals surface area contributed by atoms with Crippen LogP contribution in [0.15, 0.2) is 12.1 Å². The molecular weight excluding hydrogens is 292 g/mol. The quantitative estimate of drug-likeness (QED) is 0.749. The van der Waals surface area contributed by atoms with Crippen LogP contribution in [0.25, 0.3) is 0 Å². The predicted molar refractivity (Wildman–Crippen MR) is 84.7 cm³/mol. The summed E-state index contributed by atoms with van der Waals surface area (Å²) in [4.78, 5) is 14.2. The number of rotatable bonds is 8. The third-order valence-corrected chi connectivity index (χ3v) is 3.13. The summed E-state index contributed by atoms with van der Waals surface area (Å²) in [5.74, 6) is 0.755. The van der Waals surface area contributed by atoms with Crippen LogP contribution >= 0.6 is 11.6 Å². The van der Waals surface area contributed by atoms with E-state index in [1.807, 2.05) is 21.0 Å². The Balaban J connectivity index is 2.74. The monoisotopic (exact) mass is 314 g/mol. The van der Waals surface area contributed by atoms with Crippen molar-refractivity contribution in [1.29, 1.82) is 0 Å². The molecule has 1 rings (SSSR count). The summed E-state index contributed by atoms with van der Waals surface area (Å²) in [6, 6.07) is 3.23. The first kappa shape index (κ1) is 17.6. The van der Waals surface area contributed by atoms with E-state index in [9.17, 15) is 4.79 Å². The van der Waals surface area contributed by atoms with Gasteiger partial charge in [0.05, 0.1) is 18.7 Å². The first-order chi connectivity index (χ1) is 9.99. The summed E-state index contributed by atoms with van der Waals surface area (Å²) in [7, 11) is 5.52. The molecule has 0 aromatic heterocycles. The van der Waals surface area contributed by atoms with E-state index in [1.54, 1.807) is 12.1 Å². The minimum absolute atomic E-state index is 0.169. The fourth-order valence-electron chi connectivity index (χ4n) is 1.83. The van der Waals surface area contributed by atoms with Crippen molar-refractivity contribution in [2.75, 3.05) is 40.9 Å². The first-order valence-corrected chi connectivity index (χ1v) is 7.30. The Bertz CT molecular complexity index is 478. The molecule has 0 unspecified atom stereocenters. The van der Waals surface area contributed by atoms with Gasteiger partial charge in [-0.25, -0.2) is 0 Å². The second kappa shape index (κ2) is 8.74. The molecule has 0 fully saturated rings. The van der Waals surface area contributed by atoms with Crippen molar-refractivity contribution in [2.45, 2.75) is 13.3 Å². The molecule has 6 heteroatoms. The van der Waals surface area contributed by atoms with Gasteiger partial charge in [0.25, 0.3) is 5.91 Å². The molecule has 0 aliphatic carbocycles. The van der Waals surface area contributed by atoms with E-state index >= 15 is 0 Å². The largest absolute Gasteiger partial charge is 0.493 e. The van der Waals surface area contributed by atoms with Crippen LogP contribution in [0.4, 0.5) is 0 Å². The standard InChI is InChI=1S/C15H23ClN2O3/c1-5-21-14-12(16)9-11(10-13(14)20-4)15(19)17-7-6-8-18(2)3/h9-10H,5-8H2,1-4H3,(H,17,19). The van der Waals surface area contributed by atoms with Crippen LogP contribution in [0.1, 0.15) is 23.7 Å². The fraction of sp³-hybridized carbons (Fsp3) is 0.533. The average Bonchev–Trinajstić information content (AvgIpc) is 2.45. The number of benzene rings is 1. The molecule has 1 N–H and O–H groups in total. The molecule has 0 bridgehead atoms. The molecule has 21 heavy (non-hydrogen) atoms. The molecular formula is C15H23ClN2O3. The highest BCUT2D eigenvalue weighted by Gasteiger charge is 2.15. The van der Waals surface area contributed by atoms with Gasteiger partial charge in [-0.15, -0.1) is 0 Å². The van der Waals surface area contributed by atoms with E-state index in [2.05, 4.69) is 10.2 Å². The molecule has 0 aliphatic heterocycles. The number of amides is 1. The third kappa shape index (κ3) is 5.44. The lowest BCUT2D eigenvalue weighted by atomic mass is 10.2. The number of methoxy groups -OCH3 is 1. The molecule has 0 spiro atoms. The van der Waals surface area contributed by atoms with Crippen molar-refractivity contribution >= 4 is 17.5 Å². The van der Waals surface area contributed by atoms with E-state index < -0.39 is 0 Å². The Morgan fingerprint density at radius 3 is 2.67 bits per heavy atom. The third-order valence-electron chi connectivity index (χ3n) is 2.85. The van der Waals surface area contributed by atoms with E-state index in [-0.39, 0.29) is 5.91 Å². The van der Waals surface area contributed by atoms with Gasteiger partial charge in [-0.2, -0.15) is 0 Å². The molecule has 0 aliphatic rings. The number of carbonyl (C=O) groups is 1. The number of carbonyl (C=O) groups excluding carboxylic acids is 1. The van der Waals surface area contributed by atoms with Crippen LogP contribution < -0.4 is 14.8 Å². The number of halogens is 1. The van der Waals surface area contributed by atoms with Crippen molar-refractivity contribution in [3.05, 3.63) is 22.7 Å². The van der Waals surface area contributed by atoms with E-state index in [0.29, 0.717) is 35.2 Å². The highest BCUT2D eigenvalue weighted by molar-refractivity contribution is 6.32. The predicted octanol–water partition coefficient (Wildman–Crippen LogP) is 2.43. The molecule has 1 aromatic carbocycles. The van der Waals surface area contributed by atoms with Crippen LogP contribution in [-0.4, -0.2) is 51.7 Å². The Morgan fingerprint density at radius 2 is 2.10 bits per heavy atom. The highest BCUT2D eigenvalue weighted by Crippen LogP contribution is 2.36. The lowest BCUT2D eigenvalue weighted by Crippen LogP contribution is -2.27. The molecule has 5 nitrogen and oxygen atoms in total. The van der Waals surface area contributed by atoms with Gasteiger partial charge >= 0.3 is 0 Å². The lowest BCUT2D eigenvalue weighted by molar-refractivity contribution is 0.0952. The number of hydrogen-bond acceptors (Lipinski definition) is 4. The zero-order valence-electron chi connectivity index (χ0n) is 13.0. The summed E-state index contributed by atoms with van der Waals surface area (Å²) in [6.07, 6.45) is 0.890. The van der Waals surface area contributed by atoms with Crippen LogP contribution in [0.3, 0.4) is 0 Å². The second-order valence-corrected chi connectivity index (χ2v) is 5.24. The van der Waals surface area contributed by atoms with Crippen LogP contribution in [0, 0.1) is 0 Å². The number of nitrogens with one attached hydrogen (secondary N) is 1. The topological polar surface area (TPSA) is 50.8 Å². The molecule has 118 valence electrons. The van der Waals surface area contributed by atoms with Crippen LogP contribution in [0.2, 0.25) is 5.02 Å². The van der Waals surface area contributed by atoms with Crippen LogP contribution in [-0.2, 0) is 0 Å². The van der Waals surface area contributed by atoms with Gasteiger partial charge in [0, 0.05) is 12.1 Å². The Hall–Kier alpha value is -1.46. The summed E-state index contributed by atoms with van der Waals surface area (Å²) in [5.41, 5.74) is 0.463. The zero-order valence-corrected chi connectivity index (χ0v) is 13.8. The van der Waals surface area contributed by atoms with Crippen LogP contribution in [0.5, 0.6) is 11.5 Å². The van der Waals surface area contributed by atoms with Gasteiger partial charge < -0.3 is 19.7 Å². The Labute approximate surface area is 131 Å². The van der Waals surface area contributed by atoms with Gasteiger partial charge in [0.15, 0.2) is 11.5 Å². The van der Waals surface area contributed by atoms with Gasteiger partial charge in [-0.05, 0) is 46.1 Å². The van der Waals surface area contributed by atoms with Gasteiger partial charge in [0.1, 0.15) is 0 Å². The van der Waals surface area contributed by atoms with E-state index in [4.69, 9.17) is 21.1 Å².